The average Bonchev–Trinajstić information content (AvgIpc) is 2.57. The van der Waals surface area contributed by atoms with Crippen LogP contribution in [0.25, 0.3) is 0 Å². The molecule has 0 fully saturated rings. The van der Waals surface area contributed by atoms with Gasteiger partial charge in [-0.15, -0.1) is 0 Å². The highest BCUT2D eigenvalue weighted by Crippen LogP contribution is 2.37. The highest BCUT2D eigenvalue weighted by atomic mass is 19.1. The van der Waals surface area contributed by atoms with Gasteiger partial charge in [-0.25, -0.2) is 8.78 Å². The third kappa shape index (κ3) is 2.18. The van der Waals surface area contributed by atoms with Crippen molar-refractivity contribution in [2.24, 2.45) is 0 Å². The van der Waals surface area contributed by atoms with Crippen LogP contribution >= 0.6 is 0 Å². The first-order chi connectivity index (χ1) is 9.69. The third-order valence-corrected chi connectivity index (χ3v) is 3.93. The standard InChI is InChI=1S/C17H13F2N/c18-13-5-3-11-1-2-12-4-6-14(19)10-17(12)15(7-8-20)16(11)9-13/h3-6,9-10,15H,1-2,7H2. The maximum atomic E-state index is 13.5. The molecule has 3 heteroatoms. The summed E-state index contributed by atoms with van der Waals surface area (Å²) in [6.07, 6.45) is 1.80. The zero-order chi connectivity index (χ0) is 14.1. The minimum atomic E-state index is -0.313. The van der Waals surface area contributed by atoms with Gasteiger partial charge in [0, 0.05) is 12.3 Å². The van der Waals surface area contributed by atoms with Crippen LogP contribution in [0.15, 0.2) is 36.4 Å². The molecule has 0 radical (unpaired) electrons. The molecular formula is C17H13F2N. The molecule has 2 aromatic carbocycles. The van der Waals surface area contributed by atoms with Gasteiger partial charge in [0.1, 0.15) is 11.6 Å². The van der Waals surface area contributed by atoms with E-state index in [0.29, 0.717) is 0 Å². The second-order valence-electron chi connectivity index (χ2n) is 5.10. The highest BCUT2D eigenvalue weighted by Gasteiger charge is 2.24. The van der Waals surface area contributed by atoms with Crippen LogP contribution in [0.3, 0.4) is 0 Å². The van der Waals surface area contributed by atoms with Crippen LogP contribution in [0, 0.1) is 23.0 Å². The molecule has 20 heavy (non-hydrogen) atoms. The number of benzene rings is 2. The van der Waals surface area contributed by atoms with E-state index in [9.17, 15) is 8.78 Å². The SMILES string of the molecule is N#CCC1c2cc(F)ccc2CCc2ccc(F)cc21. The van der Waals surface area contributed by atoms with E-state index in [0.717, 1.165) is 35.1 Å². The molecule has 0 aliphatic heterocycles. The minimum Gasteiger partial charge on any atom is -0.207 e. The average molecular weight is 269 g/mol. The minimum absolute atomic E-state index is 0.229. The fourth-order valence-electron chi connectivity index (χ4n) is 2.98. The Morgan fingerprint density at radius 3 is 1.90 bits per heavy atom. The molecule has 0 spiro atoms. The van der Waals surface area contributed by atoms with E-state index in [1.165, 1.54) is 24.3 Å². The number of nitrogens with zero attached hydrogens (tertiary/aromatic N) is 1. The van der Waals surface area contributed by atoms with Gasteiger partial charge in [0.15, 0.2) is 0 Å². The van der Waals surface area contributed by atoms with Crippen molar-refractivity contribution >= 4 is 0 Å². The molecule has 0 atom stereocenters. The van der Waals surface area contributed by atoms with Crippen molar-refractivity contribution in [3.8, 4) is 6.07 Å². The largest absolute Gasteiger partial charge is 0.207 e. The molecule has 0 saturated heterocycles. The monoisotopic (exact) mass is 269 g/mol. The molecule has 1 aliphatic carbocycles. The van der Waals surface area contributed by atoms with Crippen LogP contribution in [-0.2, 0) is 12.8 Å². The highest BCUT2D eigenvalue weighted by molar-refractivity contribution is 5.45. The van der Waals surface area contributed by atoms with Gasteiger partial charge < -0.3 is 0 Å². The van der Waals surface area contributed by atoms with Crippen LogP contribution < -0.4 is 0 Å². The summed E-state index contributed by atoms with van der Waals surface area (Å²) >= 11 is 0. The number of rotatable bonds is 1. The number of hydrogen-bond acceptors (Lipinski definition) is 1. The molecule has 100 valence electrons. The van der Waals surface area contributed by atoms with Crippen molar-refractivity contribution in [2.45, 2.75) is 25.2 Å². The molecule has 2 aromatic rings. The molecule has 1 nitrogen and oxygen atoms in total. The topological polar surface area (TPSA) is 23.8 Å². The quantitative estimate of drug-likeness (QED) is 0.764. The Kier molecular flexibility index (Phi) is 3.23. The predicted octanol–water partition coefficient (Wildman–Crippen LogP) is 4.11. The summed E-state index contributed by atoms with van der Waals surface area (Å²) in [4.78, 5) is 0. The van der Waals surface area contributed by atoms with Gasteiger partial charge in [0.2, 0.25) is 0 Å². The lowest BCUT2D eigenvalue weighted by molar-refractivity contribution is 0.618. The van der Waals surface area contributed by atoms with E-state index in [-0.39, 0.29) is 24.0 Å². The molecule has 0 amide bonds. The summed E-state index contributed by atoms with van der Waals surface area (Å²) in [5, 5.41) is 9.06. The van der Waals surface area contributed by atoms with E-state index in [1.54, 1.807) is 12.1 Å². The van der Waals surface area contributed by atoms with Crippen LogP contribution in [0.2, 0.25) is 0 Å². The zero-order valence-electron chi connectivity index (χ0n) is 10.9. The fraction of sp³-hybridized carbons (Fsp3) is 0.235. The maximum Gasteiger partial charge on any atom is 0.123 e. The van der Waals surface area contributed by atoms with Gasteiger partial charge in [-0.05, 0) is 59.4 Å². The van der Waals surface area contributed by atoms with Crippen molar-refractivity contribution < 1.29 is 8.78 Å². The van der Waals surface area contributed by atoms with Gasteiger partial charge in [-0.3, -0.25) is 0 Å². The number of halogens is 2. The second kappa shape index (κ2) is 5.05. The zero-order valence-corrected chi connectivity index (χ0v) is 10.9. The predicted molar refractivity (Wildman–Crippen MR) is 72.3 cm³/mol. The van der Waals surface area contributed by atoms with Crippen molar-refractivity contribution in [1.82, 2.24) is 0 Å². The Hall–Kier alpha value is -2.21. The van der Waals surface area contributed by atoms with E-state index >= 15 is 0 Å². The lowest BCUT2D eigenvalue weighted by Crippen LogP contribution is -2.04. The van der Waals surface area contributed by atoms with E-state index in [4.69, 9.17) is 5.26 Å². The maximum absolute atomic E-state index is 13.5. The molecule has 0 bridgehead atoms. The van der Waals surface area contributed by atoms with Gasteiger partial charge in [-0.1, -0.05) is 12.1 Å². The molecule has 0 aromatic heterocycles. The van der Waals surface area contributed by atoms with Crippen LogP contribution in [0.5, 0.6) is 0 Å². The van der Waals surface area contributed by atoms with Crippen molar-refractivity contribution in [2.75, 3.05) is 0 Å². The fourth-order valence-corrected chi connectivity index (χ4v) is 2.98. The van der Waals surface area contributed by atoms with Crippen LogP contribution in [0.4, 0.5) is 8.78 Å². The van der Waals surface area contributed by atoms with Gasteiger partial charge in [-0.2, -0.15) is 5.26 Å². The second-order valence-corrected chi connectivity index (χ2v) is 5.10. The summed E-state index contributed by atoms with van der Waals surface area (Å²) in [6, 6.07) is 11.5. The van der Waals surface area contributed by atoms with Gasteiger partial charge in [0.25, 0.3) is 0 Å². The van der Waals surface area contributed by atoms with Crippen molar-refractivity contribution in [3.63, 3.8) is 0 Å². The molecule has 0 N–H and O–H groups in total. The smallest absolute Gasteiger partial charge is 0.123 e. The molecule has 1 aliphatic rings. The Labute approximate surface area is 116 Å². The summed E-state index contributed by atoms with van der Waals surface area (Å²) in [5.41, 5.74) is 3.72. The number of nitriles is 1. The van der Waals surface area contributed by atoms with Crippen molar-refractivity contribution in [3.05, 3.63) is 70.3 Å². The van der Waals surface area contributed by atoms with Gasteiger partial charge >= 0.3 is 0 Å². The number of aryl methyl sites for hydroxylation is 2. The lowest BCUT2D eigenvalue weighted by atomic mass is 9.86. The molecule has 0 saturated carbocycles. The summed E-state index contributed by atoms with van der Waals surface area (Å²) in [5.74, 6) is -0.878. The van der Waals surface area contributed by atoms with E-state index < -0.39 is 0 Å². The van der Waals surface area contributed by atoms with Crippen molar-refractivity contribution in [1.29, 1.82) is 5.26 Å². The number of hydrogen-bond donors (Lipinski definition) is 0. The first-order valence-corrected chi connectivity index (χ1v) is 6.62. The Morgan fingerprint density at radius 1 is 0.950 bits per heavy atom. The Morgan fingerprint density at radius 2 is 1.45 bits per heavy atom. The van der Waals surface area contributed by atoms with E-state index in [2.05, 4.69) is 6.07 Å². The Bertz CT molecular complexity index is 647. The molecule has 3 rings (SSSR count). The first-order valence-electron chi connectivity index (χ1n) is 6.62. The first kappa shape index (κ1) is 12.8. The summed E-state index contributed by atoms with van der Waals surface area (Å²) < 4.78 is 27.1. The third-order valence-electron chi connectivity index (χ3n) is 3.93. The molecule has 0 heterocycles. The van der Waals surface area contributed by atoms with Gasteiger partial charge in [0.05, 0.1) is 6.07 Å². The van der Waals surface area contributed by atoms with Crippen LogP contribution in [0.1, 0.15) is 34.6 Å². The lowest BCUT2D eigenvalue weighted by Gasteiger charge is -2.17. The molecule has 0 unspecified atom stereocenters. The van der Waals surface area contributed by atoms with Crippen LogP contribution in [-0.4, -0.2) is 0 Å². The summed E-state index contributed by atoms with van der Waals surface area (Å²) in [7, 11) is 0. The molecular weight excluding hydrogens is 256 g/mol. The van der Waals surface area contributed by atoms with E-state index in [1.807, 2.05) is 0 Å². The summed E-state index contributed by atoms with van der Waals surface area (Å²) in [6.45, 7) is 0. The normalized spacial score (nSPS) is 14.1. The Balaban J connectivity index is 2.21. The number of fused-ring (bicyclic) bond motifs is 2.